The highest BCUT2D eigenvalue weighted by atomic mass is 16.3. The predicted octanol–water partition coefficient (Wildman–Crippen LogP) is 1.58. The Morgan fingerprint density at radius 1 is 1.89 bits per heavy atom. The first-order valence-electron chi connectivity index (χ1n) is 3.54. The highest BCUT2D eigenvalue weighted by Gasteiger charge is 2.34. The molecule has 0 aromatic heterocycles. The molecule has 0 radical (unpaired) electrons. The number of rotatable bonds is 3. The van der Waals surface area contributed by atoms with E-state index in [1.807, 2.05) is 13.0 Å². The third-order valence-electron chi connectivity index (χ3n) is 1.92. The Kier molecular flexibility index (Phi) is 1.91. The molecule has 0 amide bonds. The van der Waals surface area contributed by atoms with Gasteiger partial charge in [-0.1, -0.05) is 6.08 Å². The van der Waals surface area contributed by atoms with E-state index in [1.165, 1.54) is 6.42 Å². The van der Waals surface area contributed by atoms with Gasteiger partial charge in [0.05, 0.1) is 6.10 Å². The number of allylic oxidation sites excluding steroid dienone is 1. The van der Waals surface area contributed by atoms with Crippen LogP contribution >= 0.6 is 0 Å². The van der Waals surface area contributed by atoms with Gasteiger partial charge < -0.3 is 5.11 Å². The third-order valence-corrected chi connectivity index (χ3v) is 1.92. The molecule has 9 heavy (non-hydrogen) atoms. The van der Waals surface area contributed by atoms with Gasteiger partial charge in [0.15, 0.2) is 0 Å². The van der Waals surface area contributed by atoms with E-state index in [0.29, 0.717) is 5.92 Å². The van der Waals surface area contributed by atoms with Crippen molar-refractivity contribution in [2.45, 2.75) is 25.9 Å². The lowest BCUT2D eigenvalue weighted by molar-refractivity contribution is 0.176. The van der Waals surface area contributed by atoms with E-state index in [4.69, 9.17) is 5.11 Å². The predicted molar refractivity (Wildman–Crippen MR) is 38.1 cm³/mol. The molecular weight excluding hydrogens is 112 g/mol. The van der Waals surface area contributed by atoms with E-state index in [9.17, 15) is 0 Å². The zero-order valence-electron chi connectivity index (χ0n) is 5.88. The summed E-state index contributed by atoms with van der Waals surface area (Å²) < 4.78 is 0. The Hall–Kier alpha value is -0.300. The average molecular weight is 126 g/mol. The van der Waals surface area contributed by atoms with Crippen molar-refractivity contribution in [1.29, 1.82) is 0 Å². The summed E-state index contributed by atoms with van der Waals surface area (Å²) >= 11 is 0. The van der Waals surface area contributed by atoms with Crippen LogP contribution in [0.5, 0.6) is 0 Å². The molecular formula is C8H14O. The molecule has 0 unspecified atom stereocenters. The van der Waals surface area contributed by atoms with Crippen molar-refractivity contribution in [2.24, 2.45) is 11.8 Å². The lowest BCUT2D eigenvalue weighted by Gasteiger charge is -1.99. The van der Waals surface area contributed by atoms with Crippen LogP contribution in [0.3, 0.4) is 0 Å². The Bertz CT molecular complexity index is 107. The largest absolute Gasteiger partial charge is 0.393 e. The highest BCUT2D eigenvalue weighted by molar-refractivity contribution is 4.98. The Morgan fingerprint density at radius 2 is 2.56 bits per heavy atom. The maximum absolute atomic E-state index is 8.94. The molecule has 1 rings (SSSR count). The Labute approximate surface area is 56.4 Å². The molecule has 1 fully saturated rings. The Balaban J connectivity index is 2.12. The van der Waals surface area contributed by atoms with Crippen LogP contribution in [0.4, 0.5) is 0 Å². The summed E-state index contributed by atoms with van der Waals surface area (Å²) in [6.45, 7) is 5.54. The van der Waals surface area contributed by atoms with E-state index in [1.54, 1.807) is 0 Å². The molecule has 0 aromatic carbocycles. The van der Waals surface area contributed by atoms with Crippen molar-refractivity contribution in [3.05, 3.63) is 12.7 Å². The summed E-state index contributed by atoms with van der Waals surface area (Å²) in [7, 11) is 0. The standard InChI is InChI=1S/C8H14O/c1-3-7-5-8(7)4-6(2)9/h3,6-9H,1,4-5H2,2H3/t6-,7+,8+/m0/s1. The van der Waals surface area contributed by atoms with Crippen molar-refractivity contribution in [3.63, 3.8) is 0 Å². The first-order chi connectivity index (χ1) is 4.24. The van der Waals surface area contributed by atoms with E-state index in [2.05, 4.69) is 6.58 Å². The van der Waals surface area contributed by atoms with Crippen LogP contribution in [0, 0.1) is 11.8 Å². The lowest BCUT2D eigenvalue weighted by atomic mass is 10.2. The van der Waals surface area contributed by atoms with Crippen molar-refractivity contribution in [2.75, 3.05) is 0 Å². The highest BCUT2D eigenvalue weighted by Crippen LogP contribution is 2.42. The van der Waals surface area contributed by atoms with Gasteiger partial charge in [-0.25, -0.2) is 0 Å². The van der Waals surface area contributed by atoms with Gasteiger partial charge in [0.2, 0.25) is 0 Å². The molecule has 1 aliphatic rings. The van der Waals surface area contributed by atoms with E-state index < -0.39 is 0 Å². The molecule has 1 heteroatoms. The third kappa shape index (κ3) is 1.83. The van der Waals surface area contributed by atoms with Gasteiger partial charge in [-0.15, -0.1) is 6.58 Å². The maximum Gasteiger partial charge on any atom is 0.0515 e. The van der Waals surface area contributed by atoms with Crippen molar-refractivity contribution < 1.29 is 5.11 Å². The van der Waals surface area contributed by atoms with Gasteiger partial charge in [-0.05, 0) is 31.6 Å². The molecule has 0 bridgehead atoms. The van der Waals surface area contributed by atoms with Crippen molar-refractivity contribution in [1.82, 2.24) is 0 Å². The second-order valence-corrected chi connectivity index (χ2v) is 2.98. The fraction of sp³-hybridized carbons (Fsp3) is 0.750. The molecule has 0 saturated heterocycles. The van der Waals surface area contributed by atoms with Crippen molar-refractivity contribution in [3.8, 4) is 0 Å². The summed E-state index contributed by atoms with van der Waals surface area (Å²) in [6, 6.07) is 0. The number of hydrogen-bond acceptors (Lipinski definition) is 1. The number of aliphatic hydroxyl groups is 1. The molecule has 1 nitrogen and oxygen atoms in total. The zero-order chi connectivity index (χ0) is 6.85. The molecule has 1 N–H and O–H groups in total. The SMILES string of the molecule is C=C[C@@H]1C[C@H]1C[C@H](C)O. The minimum absolute atomic E-state index is 0.125. The van der Waals surface area contributed by atoms with Gasteiger partial charge in [-0.3, -0.25) is 0 Å². The first kappa shape index (κ1) is 6.81. The lowest BCUT2D eigenvalue weighted by Crippen LogP contribution is -2.00. The van der Waals surface area contributed by atoms with Crippen LogP contribution in [0.2, 0.25) is 0 Å². The van der Waals surface area contributed by atoms with E-state index >= 15 is 0 Å². The summed E-state index contributed by atoms with van der Waals surface area (Å²) in [5, 5.41) is 8.94. The molecule has 52 valence electrons. The topological polar surface area (TPSA) is 20.2 Å². The van der Waals surface area contributed by atoms with Gasteiger partial charge in [0.25, 0.3) is 0 Å². The Morgan fingerprint density at radius 3 is 2.89 bits per heavy atom. The summed E-state index contributed by atoms with van der Waals surface area (Å²) in [4.78, 5) is 0. The molecule has 0 heterocycles. The minimum atomic E-state index is -0.125. The molecule has 3 atom stereocenters. The summed E-state index contributed by atoms with van der Waals surface area (Å²) in [5.74, 6) is 1.45. The van der Waals surface area contributed by atoms with Gasteiger partial charge >= 0.3 is 0 Å². The van der Waals surface area contributed by atoms with Gasteiger partial charge in [0, 0.05) is 0 Å². The number of aliphatic hydroxyl groups excluding tert-OH is 1. The fourth-order valence-corrected chi connectivity index (χ4v) is 1.27. The van der Waals surface area contributed by atoms with Crippen LogP contribution in [0.25, 0.3) is 0 Å². The van der Waals surface area contributed by atoms with E-state index in [-0.39, 0.29) is 6.10 Å². The van der Waals surface area contributed by atoms with Gasteiger partial charge in [-0.2, -0.15) is 0 Å². The van der Waals surface area contributed by atoms with Crippen molar-refractivity contribution >= 4 is 0 Å². The summed E-state index contributed by atoms with van der Waals surface area (Å²) in [6.07, 6.45) is 4.07. The number of hydrogen-bond donors (Lipinski definition) is 1. The minimum Gasteiger partial charge on any atom is -0.393 e. The molecule has 0 aliphatic heterocycles. The molecule has 1 aliphatic carbocycles. The second kappa shape index (κ2) is 2.53. The van der Waals surface area contributed by atoms with Crippen LogP contribution in [0.15, 0.2) is 12.7 Å². The first-order valence-corrected chi connectivity index (χ1v) is 3.54. The molecule has 0 spiro atoms. The van der Waals surface area contributed by atoms with Crippen LogP contribution < -0.4 is 0 Å². The van der Waals surface area contributed by atoms with Crippen LogP contribution in [-0.2, 0) is 0 Å². The summed E-state index contributed by atoms with van der Waals surface area (Å²) in [5.41, 5.74) is 0. The molecule has 1 saturated carbocycles. The quantitative estimate of drug-likeness (QED) is 0.569. The molecule has 0 aromatic rings. The normalized spacial score (nSPS) is 35.8. The second-order valence-electron chi connectivity index (χ2n) is 2.98. The van der Waals surface area contributed by atoms with E-state index in [0.717, 1.165) is 12.3 Å². The van der Waals surface area contributed by atoms with Gasteiger partial charge in [0.1, 0.15) is 0 Å². The maximum atomic E-state index is 8.94. The zero-order valence-corrected chi connectivity index (χ0v) is 5.88. The smallest absolute Gasteiger partial charge is 0.0515 e. The van der Waals surface area contributed by atoms with Crippen LogP contribution in [0.1, 0.15) is 19.8 Å². The fourth-order valence-electron chi connectivity index (χ4n) is 1.27. The average Bonchev–Trinajstić information content (AvgIpc) is 2.45. The van der Waals surface area contributed by atoms with Crippen LogP contribution in [-0.4, -0.2) is 11.2 Å². The monoisotopic (exact) mass is 126 g/mol.